The lowest BCUT2D eigenvalue weighted by Crippen LogP contribution is -2.41. The van der Waals surface area contributed by atoms with Crippen molar-refractivity contribution in [3.8, 4) is 0 Å². The summed E-state index contributed by atoms with van der Waals surface area (Å²) < 4.78 is 0. The van der Waals surface area contributed by atoms with E-state index >= 15 is 0 Å². The predicted octanol–water partition coefficient (Wildman–Crippen LogP) is 2.08. The van der Waals surface area contributed by atoms with Crippen LogP contribution in [0, 0.1) is 5.41 Å². The van der Waals surface area contributed by atoms with Gasteiger partial charge in [-0.2, -0.15) is 0 Å². The van der Waals surface area contributed by atoms with E-state index < -0.39 is 5.91 Å². The molecule has 0 unspecified atom stereocenters. The maximum absolute atomic E-state index is 12.0. The topological polar surface area (TPSA) is 169 Å². The van der Waals surface area contributed by atoms with Crippen LogP contribution in [0.4, 0.5) is 11.6 Å². The zero-order chi connectivity index (χ0) is 18.7. The van der Waals surface area contributed by atoms with Crippen LogP contribution in [0.3, 0.4) is 0 Å². The van der Waals surface area contributed by atoms with Crippen molar-refractivity contribution >= 4 is 59.9 Å². The van der Waals surface area contributed by atoms with Crippen LogP contribution < -0.4 is 27.8 Å². The highest BCUT2D eigenvalue weighted by Crippen LogP contribution is 2.17. The second-order valence-corrected chi connectivity index (χ2v) is 6.01. The second-order valence-electron chi connectivity index (χ2n) is 5.65. The molecule has 0 atom stereocenters. The average molecular weight is 444 g/mol. The summed E-state index contributed by atoms with van der Waals surface area (Å²) in [5, 5.41) is 12.8. The van der Waals surface area contributed by atoms with Crippen molar-refractivity contribution < 1.29 is 4.79 Å². The summed E-state index contributed by atoms with van der Waals surface area (Å²) in [5.41, 5.74) is 16.3. The lowest BCUT2D eigenvalue weighted by Gasteiger charge is -2.10. The number of rotatable bonds is 10. The van der Waals surface area contributed by atoms with Crippen LogP contribution in [-0.4, -0.2) is 34.9 Å². The first-order chi connectivity index (χ1) is 12.0. The number of anilines is 2. The number of unbranched alkanes of at least 4 members (excludes halogenated alkanes) is 6. The van der Waals surface area contributed by atoms with Crippen molar-refractivity contribution in [3.05, 3.63) is 10.8 Å². The number of nitrogens with zero attached hydrogens (tertiary/aromatic N) is 2. The highest BCUT2D eigenvalue weighted by Gasteiger charge is 2.16. The van der Waals surface area contributed by atoms with E-state index in [0.29, 0.717) is 6.54 Å². The highest BCUT2D eigenvalue weighted by atomic mass is 35.5. The Kier molecular flexibility index (Phi) is 15.9. The molecule has 0 saturated heterocycles. The third-order valence-electron chi connectivity index (χ3n) is 3.54. The van der Waals surface area contributed by atoms with E-state index in [1.165, 1.54) is 19.3 Å². The van der Waals surface area contributed by atoms with Crippen molar-refractivity contribution in [3.63, 3.8) is 0 Å². The largest absolute Gasteiger partial charge is 0.382 e. The minimum Gasteiger partial charge on any atom is -0.382 e. The molecule has 1 aromatic heterocycles. The molecule has 156 valence electrons. The summed E-state index contributed by atoms with van der Waals surface area (Å²) in [6.07, 6.45) is 7.84. The van der Waals surface area contributed by atoms with E-state index in [-0.39, 0.29) is 53.3 Å². The van der Waals surface area contributed by atoms with Crippen LogP contribution in [0.5, 0.6) is 0 Å². The van der Waals surface area contributed by atoms with Crippen LogP contribution in [0.25, 0.3) is 0 Å². The molecule has 27 heavy (non-hydrogen) atoms. The maximum atomic E-state index is 12.0. The van der Waals surface area contributed by atoms with Gasteiger partial charge in [0.1, 0.15) is 0 Å². The van der Waals surface area contributed by atoms with Crippen LogP contribution in [0.15, 0.2) is 0 Å². The molecule has 1 heterocycles. The quantitative estimate of drug-likeness (QED) is 0.183. The van der Waals surface area contributed by atoms with Gasteiger partial charge in [-0.25, -0.2) is 9.97 Å². The summed E-state index contributed by atoms with van der Waals surface area (Å²) in [7, 11) is 0. The number of carbonyl (C=O) groups is 1. The molecule has 1 aromatic rings. The van der Waals surface area contributed by atoms with E-state index in [4.69, 9.17) is 34.2 Å². The fraction of sp³-hybridized carbons (Fsp3) is 0.600. The Morgan fingerprint density at radius 3 is 2.11 bits per heavy atom. The number of carbonyl (C=O) groups excluding carboxylic acids is 1. The molecule has 0 saturated carbocycles. The van der Waals surface area contributed by atoms with Gasteiger partial charge in [0.2, 0.25) is 0 Å². The molecule has 9 nitrogen and oxygen atoms in total. The Morgan fingerprint density at radius 2 is 1.52 bits per heavy atom. The molecule has 0 spiro atoms. The minimum atomic E-state index is -0.663. The van der Waals surface area contributed by atoms with E-state index in [1.807, 2.05) is 0 Å². The molecule has 0 aliphatic rings. The third-order valence-corrected chi connectivity index (χ3v) is 3.82. The van der Waals surface area contributed by atoms with Crippen molar-refractivity contribution in [2.45, 2.75) is 44.9 Å². The number of guanidine groups is 1. The molecule has 0 aliphatic carbocycles. The van der Waals surface area contributed by atoms with Gasteiger partial charge in [0.25, 0.3) is 5.91 Å². The van der Waals surface area contributed by atoms with Gasteiger partial charge >= 0.3 is 0 Å². The zero-order valence-corrected chi connectivity index (χ0v) is 17.5. The number of nitrogens with one attached hydrogen (secondary N) is 3. The second kappa shape index (κ2) is 15.5. The summed E-state index contributed by atoms with van der Waals surface area (Å²) in [6.45, 7) is 1.36. The highest BCUT2D eigenvalue weighted by molar-refractivity contribution is 6.31. The molecule has 0 aliphatic heterocycles. The smallest absolute Gasteiger partial charge is 0.280 e. The third kappa shape index (κ3) is 11.0. The van der Waals surface area contributed by atoms with Gasteiger partial charge in [-0.1, -0.05) is 43.7 Å². The van der Waals surface area contributed by atoms with E-state index in [0.717, 1.165) is 32.2 Å². The van der Waals surface area contributed by atoms with E-state index in [9.17, 15) is 4.79 Å². The summed E-state index contributed by atoms with van der Waals surface area (Å²) in [6, 6.07) is 0. The van der Waals surface area contributed by atoms with Crippen molar-refractivity contribution in [2.75, 3.05) is 24.6 Å². The number of amides is 1. The normalized spacial score (nSPS) is 9.70. The van der Waals surface area contributed by atoms with Crippen LogP contribution in [0.1, 0.15) is 55.4 Å². The summed E-state index contributed by atoms with van der Waals surface area (Å²) in [5.74, 6) is -0.972. The minimum absolute atomic E-state index is 0. The Hall–Kier alpha value is -1.55. The van der Waals surface area contributed by atoms with Gasteiger partial charge in [0.05, 0.1) is 0 Å². The van der Waals surface area contributed by atoms with Crippen LogP contribution in [0.2, 0.25) is 5.15 Å². The predicted molar refractivity (Wildman–Crippen MR) is 115 cm³/mol. The molecule has 0 fully saturated rings. The Balaban J connectivity index is 0. The number of nitrogens with two attached hydrogens (primary N) is 3. The van der Waals surface area contributed by atoms with Gasteiger partial charge in [0.15, 0.2) is 28.4 Å². The van der Waals surface area contributed by atoms with Crippen molar-refractivity contribution in [2.24, 2.45) is 5.73 Å². The Labute approximate surface area is 176 Å². The van der Waals surface area contributed by atoms with Crippen LogP contribution >= 0.6 is 36.4 Å². The number of halogens is 3. The first kappa shape index (κ1) is 27.7. The molecule has 9 N–H and O–H groups in total. The monoisotopic (exact) mass is 442 g/mol. The summed E-state index contributed by atoms with van der Waals surface area (Å²) >= 11 is 5.73. The fourth-order valence-electron chi connectivity index (χ4n) is 2.19. The first-order valence-electron chi connectivity index (χ1n) is 8.38. The van der Waals surface area contributed by atoms with E-state index in [1.54, 1.807) is 0 Å². The molecule has 0 radical (unpaired) electrons. The SMILES string of the molecule is Cl.Cl.N=C(NCCCCCCCCCN)NC(=O)c1nc(Cl)c(N)nc1N. The number of hydrogen-bond acceptors (Lipinski definition) is 7. The van der Waals surface area contributed by atoms with Crippen molar-refractivity contribution in [1.29, 1.82) is 5.41 Å². The van der Waals surface area contributed by atoms with Crippen molar-refractivity contribution in [1.82, 2.24) is 20.6 Å². The Bertz CT molecular complexity index is 588. The molecule has 1 rings (SSSR count). The zero-order valence-electron chi connectivity index (χ0n) is 15.1. The van der Waals surface area contributed by atoms with Gasteiger partial charge in [0, 0.05) is 6.54 Å². The van der Waals surface area contributed by atoms with Gasteiger partial charge in [-0.05, 0) is 19.4 Å². The Morgan fingerprint density at radius 1 is 0.963 bits per heavy atom. The van der Waals surface area contributed by atoms with E-state index in [2.05, 4.69) is 20.6 Å². The average Bonchev–Trinajstić information content (AvgIpc) is 2.56. The molecular weight excluding hydrogens is 415 g/mol. The molecule has 1 amide bonds. The first-order valence-corrected chi connectivity index (χ1v) is 8.75. The van der Waals surface area contributed by atoms with Gasteiger partial charge in [-0.3, -0.25) is 15.5 Å². The lowest BCUT2D eigenvalue weighted by atomic mass is 10.1. The van der Waals surface area contributed by atoms with Crippen LogP contribution in [-0.2, 0) is 0 Å². The molecular formula is C15H29Cl3N8O. The summed E-state index contributed by atoms with van der Waals surface area (Å²) in [4.78, 5) is 19.5. The standard InChI is InChI=1S/C15H27ClN8O.2ClH/c16-11-13(19)23-12(18)10(22-11)14(25)24-15(20)21-9-7-5-3-1-2-4-6-8-17;;/h1-9,17H2,(H4,18,19,23)(H3,20,21,24,25);2*1H. The number of aromatic nitrogens is 2. The molecule has 0 aromatic carbocycles. The molecule has 0 bridgehead atoms. The van der Waals surface area contributed by atoms with Gasteiger partial charge < -0.3 is 22.5 Å². The fourth-order valence-corrected chi connectivity index (χ4v) is 2.32. The maximum Gasteiger partial charge on any atom is 0.280 e. The molecule has 12 heteroatoms. The number of hydrogen-bond donors (Lipinski definition) is 6. The number of nitrogen functional groups attached to an aromatic ring is 2. The van der Waals surface area contributed by atoms with Gasteiger partial charge in [-0.15, -0.1) is 24.8 Å². The lowest BCUT2D eigenvalue weighted by molar-refractivity contribution is 0.0971.